The van der Waals surface area contributed by atoms with Crippen molar-refractivity contribution in [2.75, 3.05) is 39.3 Å². The lowest BCUT2D eigenvalue weighted by Crippen LogP contribution is -2.39. The molecule has 1 amide bonds. The molecule has 98 valence electrons. The van der Waals surface area contributed by atoms with Crippen molar-refractivity contribution in [2.45, 2.75) is 32.1 Å². The van der Waals surface area contributed by atoms with E-state index >= 15 is 0 Å². The molecule has 1 aliphatic carbocycles. The van der Waals surface area contributed by atoms with Gasteiger partial charge in [-0.25, -0.2) is 0 Å². The number of carbonyl (C=O) groups excluding carboxylic acids is 1. The molecule has 0 unspecified atom stereocenters. The van der Waals surface area contributed by atoms with Gasteiger partial charge in [-0.3, -0.25) is 9.69 Å². The molecule has 0 aromatic rings. The van der Waals surface area contributed by atoms with Crippen LogP contribution in [0.4, 0.5) is 0 Å². The first-order valence-corrected chi connectivity index (χ1v) is 7.04. The van der Waals surface area contributed by atoms with Crippen molar-refractivity contribution in [1.29, 1.82) is 0 Å². The highest BCUT2D eigenvalue weighted by Crippen LogP contribution is 2.33. The summed E-state index contributed by atoms with van der Waals surface area (Å²) in [4.78, 5) is 14.0. The number of carbonyl (C=O) groups is 1. The Morgan fingerprint density at radius 1 is 1.29 bits per heavy atom. The molecule has 0 radical (unpaired) electrons. The van der Waals surface area contributed by atoms with Gasteiger partial charge < -0.3 is 10.6 Å². The average molecular weight is 239 g/mol. The Bertz CT molecular complexity index is 233. The minimum atomic E-state index is 0.197. The number of nitrogens with zero attached hydrogens (tertiary/aromatic N) is 1. The van der Waals surface area contributed by atoms with Crippen LogP contribution in [0.3, 0.4) is 0 Å². The van der Waals surface area contributed by atoms with Crippen molar-refractivity contribution in [3.63, 3.8) is 0 Å². The molecule has 0 bridgehead atoms. The maximum absolute atomic E-state index is 11.7. The van der Waals surface area contributed by atoms with Gasteiger partial charge >= 0.3 is 0 Å². The predicted octanol–water partition coefficient (Wildman–Crippen LogP) is 0.588. The zero-order valence-corrected chi connectivity index (χ0v) is 10.7. The van der Waals surface area contributed by atoms with Gasteiger partial charge in [-0.15, -0.1) is 0 Å². The smallest absolute Gasteiger partial charge is 0.234 e. The molecule has 1 saturated heterocycles. The summed E-state index contributed by atoms with van der Waals surface area (Å²) < 4.78 is 0. The quantitative estimate of drug-likeness (QED) is 0.667. The average Bonchev–Trinajstić information content (AvgIpc) is 3.12. The first-order chi connectivity index (χ1) is 8.34. The maximum Gasteiger partial charge on any atom is 0.234 e. The van der Waals surface area contributed by atoms with Crippen LogP contribution in [0.1, 0.15) is 32.1 Å². The van der Waals surface area contributed by atoms with Gasteiger partial charge in [0.1, 0.15) is 0 Å². The van der Waals surface area contributed by atoms with Crippen LogP contribution in [0, 0.1) is 5.92 Å². The minimum Gasteiger partial charge on any atom is -0.355 e. The summed E-state index contributed by atoms with van der Waals surface area (Å²) >= 11 is 0. The molecule has 2 rings (SSSR count). The zero-order valence-electron chi connectivity index (χ0n) is 10.7. The number of hydrogen-bond donors (Lipinski definition) is 2. The normalized spacial score (nSPS) is 22.1. The minimum absolute atomic E-state index is 0.197. The second-order valence-electron chi connectivity index (χ2n) is 5.32. The summed E-state index contributed by atoms with van der Waals surface area (Å²) in [5.74, 6) is 1.17. The summed E-state index contributed by atoms with van der Waals surface area (Å²) in [7, 11) is 0. The Balaban J connectivity index is 1.52. The molecule has 2 fully saturated rings. The van der Waals surface area contributed by atoms with Gasteiger partial charge in [0.25, 0.3) is 0 Å². The van der Waals surface area contributed by atoms with Gasteiger partial charge in [-0.1, -0.05) is 12.8 Å². The van der Waals surface area contributed by atoms with Crippen LogP contribution in [0.15, 0.2) is 0 Å². The van der Waals surface area contributed by atoms with E-state index in [-0.39, 0.29) is 5.91 Å². The van der Waals surface area contributed by atoms with Crippen LogP contribution in [-0.4, -0.2) is 50.1 Å². The van der Waals surface area contributed by atoms with E-state index in [2.05, 4.69) is 15.5 Å². The van der Waals surface area contributed by atoms with Gasteiger partial charge in [0.2, 0.25) is 5.91 Å². The lowest BCUT2D eigenvalue weighted by Gasteiger charge is -2.18. The van der Waals surface area contributed by atoms with E-state index in [0.29, 0.717) is 6.54 Å². The van der Waals surface area contributed by atoms with Crippen LogP contribution in [-0.2, 0) is 4.79 Å². The Labute approximate surface area is 104 Å². The molecule has 2 N–H and O–H groups in total. The first kappa shape index (κ1) is 12.8. The topological polar surface area (TPSA) is 44.4 Å². The molecule has 1 saturated carbocycles. The molecule has 0 aromatic heterocycles. The Morgan fingerprint density at radius 3 is 3.00 bits per heavy atom. The summed E-state index contributed by atoms with van der Waals surface area (Å²) in [6.45, 7) is 5.57. The van der Waals surface area contributed by atoms with E-state index in [4.69, 9.17) is 0 Å². The number of amides is 1. The van der Waals surface area contributed by atoms with E-state index in [1.807, 2.05) is 0 Å². The lowest BCUT2D eigenvalue weighted by molar-refractivity contribution is -0.122. The van der Waals surface area contributed by atoms with Gasteiger partial charge in [-0.2, -0.15) is 0 Å². The maximum atomic E-state index is 11.7. The van der Waals surface area contributed by atoms with Gasteiger partial charge in [0.05, 0.1) is 6.54 Å². The molecule has 1 aliphatic heterocycles. The standard InChI is InChI=1S/C13H25N3O/c17-13(15-7-1-3-12-4-5-12)11-16-9-2-6-14-8-10-16/h12,14H,1-11H2,(H,15,17). The fraction of sp³-hybridized carbons (Fsp3) is 0.923. The molecule has 17 heavy (non-hydrogen) atoms. The van der Waals surface area contributed by atoms with E-state index < -0.39 is 0 Å². The van der Waals surface area contributed by atoms with Crippen LogP contribution in [0.2, 0.25) is 0 Å². The van der Waals surface area contributed by atoms with E-state index in [1.54, 1.807) is 0 Å². The van der Waals surface area contributed by atoms with Gasteiger partial charge in [0, 0.05) is 19.6 Å². The second-order valence-corrected chi connectivity index (χ2v) is 5.32. The van der Waals surface area contributed by atoms with Gasteiger partial charge in [0.15, 0.2) is 0 Å². The van der Waals surface area contributed by atoms with Crippen LogP contribution >= 0.6 is 0 Å². The van der Waals surface area contributed by atoms with Crippen molar-refractivity contribution < 1.29 is 4.79 Å². The molecule has 4 heteroatoms. The van der Waals surface area contributed by atoms with Crippen molar-refractivity contribution in [3.8, 4) is 0 Å². The Hall–Kier alpha value is -0.610. The van der Waals surface area contributed by atoms with Crippen LogP contribution < -0.4 is 10.6 Å². The molecule has 0 spiro atoms. The number of nitrogens with one attached hydrogen (secondary N) is 2. The molecule has 1 heterocycles. The monoisotopic (exact) mass is 239 g/mol. The van der Waals surface area contributed by atoms with Crippen LogP contribution in [0.5, 0.6) is 0 Å². The third kappa shape index (κ3) is 5.50. The third-order valence-corrected chi connectivity index (χ3v) is 3.61. The fourth-order valence-electron chi connectivity index (χ4n) is 2.34. The molecule has 2 aliphatic rings. The summed E-state index contributed by atoms with van der Waals surface area (Å²) in [5, 5.41) is 6.38. The molecule has 0 atom stereocenters. The Kier molecular flexibility index (Phi) is 5.26. The Morgan fingerprint density at radius 2 is 2.18 bits per heavy atom. The molecule has 0 aromatic carbocycles. The van der Waals surface area contributed by atoms with Crippen molar-refractivity contribution in [2.24, 2.45) is 5.92 Å². The van der Waals surface area contributed by atoms with Crippen molar-refractivity contribution in [1.82, 2.24) is 15.5 Å². The molecular weight excluding hydrogens is 214 g/mol. The highest BCUT2D eigenvalue weighted by Gasteiger charge is 2.20. The zero-order chi connectivity index (χ0) is 11.9. The molecular formula is C13H25N3O. The lowest BCUT2D eigenvalue weighted by atomic mass is 10.2. The summed E-state index contributed by atoms with van der Waals surface area (Å²) in [6, 6.07) is 0. The summed E-state index contributed by atoms with van der Waals surface area (Å²) in [5.41, 5.74) is 0. The highest BCUT2D eigenvalue weighted by molar-refractivity contribution is 5.77. The predicted molar refractivity (Wildman–Crippen MR) is 68.9 cm³/mol. The van der Waals surface area contributed by atoms with E-state index in [1.165, 1.54) is 19.3 Å². The second kappa shape index (κ2) is 6.97. The largest absolute Gasteiger partial charge is 0.355 e. The van der Waals surface area contributed by atoms with Gasteiger partial charge in [-0.05, 0) is 38.3 Å². The van der Waals surface area contributed by atoms with Crippen LogP contribution in [0.25, 0.3) is 0 Å². The van der Waals surface area contributed by atoms with E-state index in [0.717, 1.165) is 51.5 Å². The highest BCUT2D eigenvalue weighted by atomic mass is 16.2. The molecule has 4 nitrogen and oxygen atoms in total. The summed E-state index contributed by atoms with van der Waals surface area (Å²) in [6.07, 6.45) is 6.42. The number of rotatable bonds is 6. The SMILES string of the molecule is O=C(CN1CCCNCC1)NCCCC1CC1. The number of hydrogen-bond acceptors (Lipinski definition) is 3. The fourth-order valence-corrected chi connectivity index (χ4v) is 2.34. The van der Waals surface area contributed by atoms with E-state index in [9.17, 15) is 4.79 Å². The first-order valence-electron chi connectivity index (χ1n) is 7.04. The third-order valence-electron chi connectivity index (χ3n) is 3.61. The van der Waals surface area contributed by atoms with Crippen molar-refractivity contribution >= 4 is 5.91 Å². The van der Waals surface area contributed by atoms with Crippen molar-refractivity contribution in [3.05, 3.63) is 0 Å².